The Morgan fingerprint density at radius 1 is 1.13 bits per heavy atom. The SMILES string of the molecule is CCCC(C)NC1CCCC(CC)CC1. The average molecular weight is 211 g/mol. The van der Waals surface area contributed by atoms with E-state index in [1.165, 1.54) is 51.4 Å². The van der Waals surface area contributed by atoms with Crippen LogP contribution in [0.25, 0.3) is 0 Å². The van der Waals surface area contributed by atoms with Gasteiger partial charge in [0.2, 0.25) is 0 Å². The fraction of sp³-hybridized carbons (Fsp3) is 1.00. The van der Waals surface area contributed by atoms with Gasteiger partial charge in [-0.15, -0.1) is 0 Å². The van der Waals surface area contributed by atoms with Crippen LogP contribution in [0.2, 0.25) is 0 Å². The first kappa shape index (κ1) is 13.0. The molecule has 0 heterocycles. The van der Waals surface area contributed by atoms with Gasteiger partial charge in [-0.25, -0.2) is 0 Å². The third kappa shape index (κ3) is 5.01. The summed E-state index contributed by atoms with van der Waals surface area (Å²) in [6, 6.07) is 1.53. The van der Waals surface area contributed by atoms with Crippen LogP contribution in [-0.4, -0.2) is 12.1 Å². The van der Waals surface area contributed by atoms with Crippen LogP contribution in [0.5, 0.6) is 0 Å². The molecule has 1 fully saturated rings. The van der Waals surface area contributed by atoms with Gasteiger partial charge in [0.1, 0.15) is 0 Å². The van der Waals surface area contributed by atoms with Crippen LogP contribution in [0.3, 0.4) is 0 Å². The Kier molecular flexibility index (Phi) is 6.31. The number of rotatable bonds is 5. The number of hydrogen-bond acceptors (Lipinski definition) is 1. The van der Waals surface area contributed by atoms with Gasteiger partial charge in [-0.1, -0.05) is 39.5 Å². The van der Waals surface area contributed by atoms with E-state index in [1.54, 1.807) is 0 Å². The van der Waals surface area contributed by atoms with Crippen molar-refractivity contribution in [1.82, 2.24) is 5.32 Å². The minimum absolute atomic E-state index is 0.721. The van der Waals surface area contributed by atoms with Gasteiger partial charge in [0.15, 0.2) is 0 Å². The van der Waals surface area contributed by atoms with Crippen molar-refractivity contribution < 1.29 is 0 Å². The van der Waals surface area contributed by atoms with Crippen molar-refractivity contribution in [3.8, 4) is 0 Å². The molecule has 0 bridgehead atoms. The van der Waals surface area contributed by atoms with Crippen LogP contribution in [0, 0.1) is 5.92 Å². The highest BCUT2D eigenvalue weighted by molar-refractivity contribution is 4.76. The van der Waals surface area contributed by atoms with Crippen molar-refractivity contribution in [3.05, 3.63) is 0 Å². The Balaban J connectivity index is 2.24. The first-order chi connectivity index (χ1) is 7.26. The molecule has 3 atom stereocenters. The standard InChI is InChI=1S/C14H29N/c1-4-7-12(3)15-14-9-6-8-13(5-2)10-11-14/h12-15H,4-11H2,1-3H3. The third-order valence-corrected chi connectivity index (χ3v) is 3.91. The Hall–Kier alpha value is -0.0400. The monoisotopic (exact) mass is 211 g/mol. The first-order valence-electron chi connectivity index (χ1n) is 7.02. The van der Waals surface area contributed by atoms with Crippen LogP contribution >= 0.6 is 0 Å². The molecule has 0 saturated heterocycles. The van der Waals surface area contributed by atoms with E-state index in [1.807, 2.05) is 0 Å². The molecule has 0 aromatic heterocycles. The van der Waals surface area contributed by atoms with E-state index in [2.05, 4.69) is 26.1 Å². The second kappa shape index (κ2) is 7.27. The average Bonchev–Trinajstić information content (AvgIpc) is 2.43. The summed E-state index contributed by atoms with van der Waals surface area (Å²) in [5, 5.41) is 3.80. The van der Waals surface area contributed by atoms with Gasteiger partial charge in [0.05, 0.1) is 0 Å². The van der Waals surface area contributed by atoms with Crippen molar-refractivity contribution >= 4 is 0 Å². The molecule has 0 aromatic rings. The molecule has 0 aromatic carbocycles. The first-order valence-corrected chi connectivity index (χ1v) is 7.02. The largest absolute Gasteiger partial charge is 0.312 e. The van der Waals surface area contributed by atoms with Crippen LogP contribution in [0.1, 0.15) is 72.1 Å². The summed E-state index contributed by atoms with van der Waals surface area (Å²) in [5.41, 5.74) is 0. The van der Waals surface area contributed by atoms with Gasteiger partial charge < -0.3 is 5.32 Å². The molecule has 0 spiro atoms. The van der Waals surface area contributed by atoms with E-state index in [4.69, 9.17) is 0 Å². The molecule has 1 rings (SSSR count). The number of hydrogen-bond donors (Lipinski definition) is 1. The highest BCUT2D eigenvalue weighted by Crippen LogP contribution is 2.25. The topological polar surface area (TPSA) is 12.0 Å². The molecular weight excluding hydrogens is 182 g/mol. The summed E-state index contributed by atoms with van der Waals surface area (Å²) in [6.07, 6.45) is 11.2. The molecular formula is C14H29N. The maximum atomic E-state index is 3.80. The van der Waals surface area contributed by atoms with Crippen molar-refractivity contribution in [2.45, 2.75) is 84.2 Å². The zero-order chi connectivity index (χ0) is 11.1. The van der Waals surface area contributed by atoms with Crippen molar-refractivity contribution in [2.75, 3.05) is 0 Å². The Morgan fingerprint density at radius 2 is 1.93 bits per heavy atom. The molecule has 0 aliphatic heterocycles. The zero-order valence-electron chi connectivity index (χ0n) is 10.9. The van der Waals surface area contributed by atoms with Gasteiger partial charge >= 0.3 is 0 Å². The normalized spacial score (nSPS) is 29.8. The fourth-order valence-electron chi connectivity index (χ4n) is 2.87. The molecule has 90 valence electrons. The van der Waals surface area contributed by atoms with E-state index in [0.717, 1.165) is 18.0 Å². The Morgan fingerprint density at radius 3 is 2.60 bits per heavy atom. The maximum Gasteiger partial charge on any atom is 0.00696 e. The highest BCUT2D eigenvalue weighted by Gasteiger charge is 2.18. The lowest BCUT2D eigenvalue weighted by atomic mass is 9.97. The van der Waals surface area contributed by atoms with E-state index in [9.17, 15) is 0 Å². The molecule has 3 unspecified atom stereocenters. The van der Waals surface area contributed by atoms with Gasteiger partial charge in [-0.05, 0) is 38.5 Å². The molecule has 1 heteroatoms. The van der Waals surface area contributed by atoms with Crippen molar-refractivity contribution in [2.24, 2.45) is 5.92 Å². The van der Waals surface area contributed by atoms with Crippen molar-refractivity contribution in [3.63, 3.8) is 0 Å². The van der Waals surface area contributed by atoms with Crippen LogP contribution < -0.4 is 5.32 Å². The quantitative estimate of drug-likeness (QED) is 0.674. The second-order valence-corrected chi connectivity index (χ2v) is 5.34. The predicted molar refractivity (Wildman–Crippen MR) is 68.2 cm³/mol. The molecule has 1 N–H and O–H groups in total. The molecule has 0 amide bonds. The Bertz CT molecular complexity index is 155. The third-order valence-electron chi connectivity index (χ3n) is 3.91. The summed E-state index contributed by atoms with van der Waals surface area (Å²) in [4.78, 5) is 0. The van der Waals surface area contributed by atoms with E-state index < -0.39 is 0 Å². The van der Waals surface area contributed by atoms with Crippen LogP contribution in [0.4, 0.5) is 0 Å². The molecule has 0 radical (unpaired) electrons. The summed E-state index contributed by atoms with van der Waals surface area (Å²) >= 11 is 0. The van der Waals surface area contributed by atoms with Crippen molar-refractivity contribution in [1.29, 1.82) is 0 Å². The molecule has 1 aliphatic carbocycles. The van der Waals surface area contributed by atoms with Crippen LogP contribution in [-0.2, 0) is 0 Å². The summed E-state index contributed by atoms with van der Waals surface area (Å²) in [5.74, 6) is 1.01. The van der Waals surface area contributed by atoms with Gasteiger partial charge in [-0.3, -0.25) is 0 Å². The van der Waals surface area contributed by atoms with E-state index >= 15 is 0 Å². The smallest absolute Gasteiger partial charge is 0.00696 e. The lowest BCUT2D eigenvalue weighted by molar-refractivity contribution is 0.383. The number of nitrogens with one attached hydrogen (secondary N) is 1. The van der Waals surface area contributed by atoms with Gasteiger partial charge in [0.25, 0.3) is 0 Å². The minimum atomic E-state index is 0.721. The minimum Gasteiger partial charge on any atom is -0.312 e. The summed E-state index contributed by atoms with van der Waals surface area (Å²) < 4.78 is 0. The molecule has 15 heavy (non-hydrogen) atoms. The zero-order valence-corrected chi connectivity index (χ0v) is 10.9. The lowest BCUT2D eigenvalue weighted by Gasteiger charge is -2.21. The second-order valence-electron chi connectivity index (χ2n) is 5.34. The maximum absolute atomic E-state index is 3.80. The molecule has 1 aliphatic rings. The fourth-order valence-corrected chi connectivity index (χ4v) is 2.87. The summed E-state index contributed by atoms with van der Waals surface area (Å²) in [7, 11) is 0. The van der Waals surface area contributed by atoms with Gasteiger partial charge in [-0.2, -0.15) is 0 Å². The lowest BCUT2D eigenvalue weighted by Crippen LogP contribution is -2.36. The summed E-state index contributed by atoms with van der Waals surface area (Å²) in [6.45, 7) is 6.96. The molecule has 1 saturated carbocycles. The molecule has 1 nitrogen and oxygen atoms in total. The van der Waals surface area contributed by atoms with E-state index in [-0.39, 0.29) is 0 Å². The van der Waals surface area contributed by atoms with Gasteiger partial charge in [0, 0.05) is 12.1 Å². The van der Waals surface area contributed by atoms with Crippen LogP contribution in [0.15, 0.2) is 0 Å². The Labute approximate surface area is 96.0 Å². The predicted octanol–water partition coefficient (Wildman–Crippen LogP) is 4.12. The van der Waals surface area contributed by atoms with E-state index in [0.29, 0.717) is 0 Å². The highest BCUT2D eigenvalue weighted by atomic mass is 14.9.